The molecular formula is C28H30F4N4O4. The first-order valence-electron chi connectivity index (χ1n) is 12.8. The number of hydrogen-bond donors (Lipinski definition) is 2. The van der Waals surface area contributed by atoms with Crippen LogP contribution >= 0.6 is 0 Å². The van der Waals surface area contributed by atoms with Crippen LogP contribution in [0.1, 0.15) is 47.2 Å². The number of hydrogen-bond acceptors (Lipinski definition) is 4. The molecule has 0 aliphatic carbocycles. The Morgan fingerprint density at radius 3 is 2.48 bits per heavy atom. The molecule has 1 fully saturated rings. The number of piperidine rings is 1. The van der Waals surface area contributed by atoms with E-state index in [4.69, 9.17) is 4.74 Å². The highest BCUT2D eigenvalue weighted by Crippen LogP contribution is 2.34. The van der Waals surface area contributed by atoms with Gasteiger partial charge in [-0.05, 0) is 48.1 Å². The summed E-state index contributed by atoms with van der Waals surface area (Å²) in [6.07, 6.45) is -2.35. The third kappa shape index (κ3) is 6.44. The number of halogens is 4. The molecule has 0 radical (unpaired) electrons. The molecule has 8 nitrogen and oxygen atoms in total. The highest BCUT2D eigenvalue weighted by atomic mass is 19.4. The summed E-state index contributed by atoms with van der Waals surface area (Å²) in [6.45, 7) is 2.62. The molecular weight excluding hydrogens is 532 g/mol. The molecule has 3 aromatic rings. The van der Waals surface area contributed by atoms with Crippen LogP contribution in [0.25, 0.3) is 10.9 Å². The number of alkyl halides is 3. The summed E-state index contributed by atoms with van der Waals surface area (Å²) in [4.78, 5) is 38.3. The summed E-state index contributed by atoms with van der Waals surface area (Å²) >= 11 is 0. The number of carbonyl (C=O) groups excluding carboxylic acids is 3. The summed E-state index contributed by atoms with van der Waals surface area (Å²) < 4.78 is 59.3. The minimum Gasteiger partial charge on any atom is -0.383 e. The second-order valence-electron chi connectivity index (χ2n) is 9.71. The van der Waals surface area contributed by atoms with Crippen LogP contribution in [-0.2, 0) is 27.4 Å². The molecule has 1 aromatic heterocycles. The van der Waals surface area contributed by atoms with Gasteiger partial charge in [-0.2, -0.15) is 13.2 Å². The van der Waals surface area contributed by atoms with Crippen LogP contribution < -0.4 is 10.6 Å². The number of nitrogens with one attached hydrogen (secondary N) is 2. The molecule has 0 unspecified atom stereocenters. The molecule has 2 aromatic carbocycles. The van der Waals surface area contributed by atoms with Gasteiger partial charge in [0.2, 0.25) is 5.91 Å². The van der Waals surface area contributed by atoms with Crippen molar-refractivity contribution in [2.45, 2.75) is 44.9 Å². The molecule has 0 spiro atoms. The van der Waals surface area contributed by atoms with Gasteiger partial charge in [0.25, 0.3) is 5.91 Å². The number of rotatable bonds is 8. The predicted molar refractivity (Wildman–Crippen MR) is 140 cm³/mol. The van der Waals surface area contributed by atoms with E-state index in [0.29, 0.717) is 66.8 Å². The Bertz CT molecular complexity index is 1410. The van der Waals surface area contributed by atoms with E-state index in [9.17, 15) is 31.9 Å². The Hall–Kier alpha value is -3.93. The number of methoxy groups -OCH3 is 1. The maximum atomic E-state index is 14.7. The summed E-state index contributed by atoms with van der Waals surface area (Å²) in [7, 11) is 1.59. The van der Waals surface area contributed by atoms with Gasteiger partial charge in [0.1, 0.15) is 5.82 Å². The molecule has 1 aliphatic heterocycles. The van der Waals surface area contributed by atoms with Gasteiger partial charge in [-0.3, -0.25) is 14.4 Å². The Balaban J connectivity index is 1.51. The molecule has 40 heavy (non-hydrogen) atoms. The van der Waals surface area contributed by atoms with E-state index in [1.165, 1.54) is 25.1 Å². The number of carbonyl (C=O) groups is 3. The van der Waals surface area contributed by atoms with Crippen LogP contribution in [-0.4, -0.2) is 60.2 Å². The van der Waals surface area contributed by atoms with Gasteiger partial charge >= 0.3 is 12.1 Å². The maximum absolute atomic E-state index is 14.7. The average Bonchev–Trinajstić information content (AvgIpc) is 3.29. The van der Waals surface area contributed by atoms with Crippen molar-refractivity contribution in [1.82, 2.24) is 14.8 Å². The zero-order chi connectivity index (χ0) is 29.0. The molecule has 214 valence electrons. The second kappa shape index (κ2) is 12.1. The summed E-state index contributed by atoms with van der Waals surface area (Å²) in [5.74, 6) is -3.28. The highest BCUT2D eigenvalue weighted by molar-refractivity contribution is 6.13. The predicted octanol–water partition coefficient (Wildman–Crippen LogP) is 4.58. The van der Waals surface area contributed by atoms with Crippen LogP contribution in [0.4, 0.5) is 23.2 Å². The van der Waals surface area contributed by atoms with Gasteiger partial charge < -0.3 is 24.8 Å². The van der Waals surface area contributed by atoms with Crippen molar-refractivity contribution in [3.05, 3.63) is 65.1 Å². The van der Waals surface area contributed by atoms with Gasteiger partial charge in [-0.25, -0.2) is 4.39 Å². The minimum atomic E-state index is -5.00. The standard InChI is InChI=1S/C28H30F4N4O4/c1-17(37)34-23-4-3-5-24-25(23)21(16-36(24)12-13-40-2)26(38)35-10-8-19(9-11-35)20-14-18(6-7-22(20)29)15-33-27(39)28(30,31)32/h3-7,14,16,19H,8-13,15H2,1-2H3,(H,33,39)(H,34,37). The minimum absolute atomic E-state index is 0.221. The van der Waals surface area contributed by atoms with Crippen molar-refractivity contribution in [3.63, 3.8) is 0 Å². The molecule has 4 rings (SSSR count). The van der Waals surface area contributed by atoms with Crippen LogP contribution in [0.15, 0.2) is 42.6 Å². The molecule has 12 heteroatoms. The fourth-order valence-corrected chi connectivity index (χ4v) is 5.05. The Morgan fingerprint density at radius 2 is 1.82 bits per heavy atom. The lowest BCUT2D eigenvalue weighted by atomic mass is 9.88. The van der Waals surface area contributed by atoms with Crippen molar-refractivity contribution in [2.24, 2.45) is 0 Å². The third-order valence-corrected chi connectivity index (χ3v) is 6.98. The molecule has 0 bridgehead atoms. The van der Waals surface area contributed by atoms with Crippen molar-refractivity contribution in [2.75, 3.05) is 32.1 Å². The lowest BCUT2D eigenvalue weighted by molar-refractivity contribution is -0.173. The quantitative estimate of drug-likeness (QED) is 0.393. The molecule has 3 amide bonds. The van der Waals surface area contributed by atoms with Gasteiger partial charge in [0.15, 0.2) is 0 Å². The number of anilines is 1. The van der Waals surface area contributed by atoms with E-state index in [2.05, 4.69) is 5.32 Å². The van der Waals surface area contributed by atoms with E-state index in [-0.39, 0.29) is 24.3 Å². The van der Waals surface area contributed by atoms with Crippen molar-refractivity contribution < 1.29 is 36.7 Å². The summed E-state index contributed by atoms with van der Waals surface area (Å²) in [5.41, 5.74) is 2.42. The van der Waals surface area contributed by atoms with E-state index >= 15 is 0 Å². The molecule has 2 heterocycles. The van der Waals surface area contributed by atoms with Gasteiger partial charge in [-0.15, -0.1) is 0 Å². The number of ether oxygens (including phenoxy) is 1. The monoisotopic (exact) mass is 562 g/mol. The number of aromatic nitrogens is 1. The average molecular weight is 563 g/mol. The van der Waals surface area contributed by atoms with Gasteiger partial charge in [0, 0.05) is 51.8 Å². The number of likely N-dealkylation sites (tertiary alicyclic amines) is 1. The van der Waals surface area contributed by atoms with Crippen molar-refractivity contribution >= 4 is 34.3 Å². The molecule has 0 saturated carbocycles. The molecule has 1 aliphatic rings. The lowest BCUT2D eigenvalue weighted by Crippen LogP contribution is -2.38. The molecule has 1 saturated heterocycles. The van der Waals surface area contributed by atoms with Crippen LogP contribution in [0, 0.1) is 5.82 Å². The van der Waals surface area contributed by atoms with E-state index < -0.39 is 17.9 Å². The highest BCUT2D eigenvalue weighted by Gasteiger charge is 2.38. The fourth-order valence-electron chi connectivity index (χ4n) is 5.05. The van der Waals surface area contributed by atoms with Crippen LogP contribution in [0.2, 0.25) is 0 Å². The Kier molecular flexibility index (Phi) is 8.77. The van der Waals surface area contributed by atoms with Crippen molar-refractivity contribution in [1.29, 1.82) is 0 Å². The first-order chi connectivity index (χ1) is 19.0. The van der Waals surface area contributed by atoms with Crippen molar-refractivity contribution in [3.8, 4) is 0 Å². The largest absolute Gasteiger partial charge is 0.471 e. The Labute approximate surface area is 228 Å². The first kappa shape index (κ1) is 29.1. The summed E-state index contributed by atoms with van der Waals surface area (Å²) in [6, 6.07) is 9.39. The number of benzene rings is 2. The smallest absolute Gasteiger partial charge is 0.383 e. The third-order valence-electron chi connectivity index (χ3n) is 6.98. The zero-order valence-electron chi connectivity index (χ0n) is 22.1. The van der Waals surface area contributed by atoms with E-state index in [1.807, 2.05) is 10.6 Å². The maximum Gasteiger partial charge on any atom is 0.471 e. The van der Waals surface area contributed by atoms with Gasteiger partial charge in [-0.1, -0.05) is 18.2 Å². The van der Waals surface area contributed by atoms with Crippen LogP contribution in [0.3, 0.4) is 0 Å². The Morgan fingerprint density at radius 1 is 1.10 bits per heavy atom. The first-order valence-corrected chi connectivity index (χ1v) is 12.8. The van der Waals surface area contributed by atoms with E-state index in [1.54, 1.807) is 35.7 Å². The van der Waals surface area contributed by atoms with E-state index in [0.717, 1.165) is 5.52 Å². The number of fused-ring (bicyclic) bond motifs is 1. The number of amides is 3. The topological polar surface area (TPSA) is 92.7 Å². The summed E-state index contributed by atoms with van der Waals surface area (Å²) in [5, 5.41) is 5.22. The second-order valence-corrected chi connectivity index (χ2v) is 9.71. The molecule has 2 N–H and O–H groups in total. The number of nitrogens with zero attached hydrogens (tertiary/aromatic N) is 2. The normalized spacial score (nSPS) is 14.4. The molecule has 0 atom stereocenters. The zero-order valence-corrected chi connectivity index (χ0v) is 22.1. The van der Waals surface area contributed by atoms with Gasteiger partial charge in [0.05, 0.1) is 23.4 Å². The SMILES string of the molecule is COCCn1cc(C(=O)N2CCC(c3cc(CNC(=O)C(F)(F)F)ccc3F)CC2)c2c(NC(C)=O)cccc21. The fraction of sp³-hybridized carbons (Fsp3) is 0.393. The lowest BCUT2D eigenvalue weighted by Gasteiger charge is -2.32. The van der Waals surface area contributed by atoms with Crippen LogP contribution in [0.5, 0.6) is 0 Å².